The van der Waals surface area contributed by atoms with Gasteiger partial charge in [0.05, 0.1) is 14.4 Å². The van der Waals surface area contributed by atoms with Crippen LogP contribution < -0.4 is 0 Å². The van der Waals surface area contributed by atoms with E-state index in [-0.39, 0.29) is 0 Å². The highest BCUT2D eigenvalue weighted by atomic mass is 31.2. The summed E-state index contributed by atoms with van der Waals surface area (Å²) in [6, 6.07) is 0. The maximum absolute atomic E-state index is 4.71. The van der Waals surface area contributed by atoms with E-state index in [1.807, 2.05) is 20.2 Å². The Kier molecular flexibility index (Phi) is 4.44. The summed E-state index contributed by atoms with van der Waals surface area (Å²) >= 11 is 0. The molecule has 0 aromatic carbocycles. The molecule has 0 rings (SSSR count). The topological polar surface area (TPSA) is 37.1 Å². The Balaban J connectivity index is 5.02. The largest absolute Gasteiger partial charge is 0.285 e. The molecule has 0 unspecified atom stereocenters. The Hall–Kier alpha value is 0.130. The zero-order chi connectivity index (χ0) is 9.83. The summed E-state index contributed by atoms with van der Waals surface area (Å²) in [5.41, 5.74) is 0. The lowest BCUT2D eigenvalue weighted by molar-refractivity contribution is 1.46. The van der Waals surface area contributed by atoms with Crippen LogP contribution >= 0.6 is 14.4 Å². The average Bonchev–Trinajstić information content (AvgIpc) is 1.85. The van der Waals surface area contributed by atoms with Gasteiger partial charge in [-0.1, -0.05) is 0 Å². The summed E-state index contributed by atoms with van der Waals surface area (Å²) < 4.78 is 13.4. The minimum atomic E-state index is -1.43. The standard InChI is InChI=1S/C7H19N3P2/c1-7-9-12(5,6)10-11(3,4)8-2/h7H,1-6H3/b9-7+. The highest BCUT2D eigenvalue weighted by molar-refractivity contribution is 7.74. The molecule has 0 aliphatic heterocycles. The van der Waals surface area contributed by atoms with Crippen LogP contribution in [0.3, 0.4) is 0 Å². The molecule has 0 saturated carbocycles. The molecule has 0 fully saturated rings. The smallest absolute Gasteiger partial charge is 0.0739 e. The van der Waals surface area contributed by atoms with Crippen molar-refractivity contribution in [3.05, 3.63) is 0 Å². The zero-order valence-electron chi connectivity index (χ0n) is 8.81. The van der Waals surface area contributed by atoms with Crippen LogP contribution in [0.5, 0.6) is 0 Å². The molecule has 0 aromatic heterocycles. The first-order chi connectivity index (χ1) is 5.33. The SMILES string of the molecule is C/C=N/P(C)(C)=NP(C)(C)=NC. The third kappa shape index (κ3) is 4.90. The normalized spacial score (nSPS) is 13.5. The van der Waals surface area contributed by atoms with E-state index < -0.39 is 14.4 Å². The van der Waals surface area contributed by atoms with Gasteiger partial charge in [0.2, 0.25) is 0 Å². The molecular weight excluding hydrogens is 188 g/mol. The van der Waals surface area contributed by atoms with Gasteiger partial charge in [-0.25, -0.2) is 4.52 Å². The summed E-state index contributed by atoms with van der Waals surface area (Å²) in [5, 5.41) is 0. The van der Waals surface area contributed by atoms with Crippen molar-refractivity contribution in [2.75, 3.05) is 33.7 Å². The van der Waals surface area contributed by atoms with Crippen LogP contribution in [0.2, 0.25) is 0 Å². The van der Waals surface area contributed by atoms with Crippen molar-refractivity contribution in [2.24, 2.45) is 14.0 Å². The Morgan fingerprint density at radius 3 is 1.83 bits per heavy atom. The molecule has 0 aromatic rings. The Bertz CT molecular complexity index is 266. The first-order valence-electron chi connectivity index (χ1n) is 3.87. The first kappa shape index (κ1) is 12.1. The molecule has 0 spiro atoms. The molecular formula is C7H19N3P2. The Morgan fingerprint density at radius 1 is 1.00 bits per heavy atom. The van der Waals surface area contributed by atoms with Gasteiger partial charge in [0.15, 0.2) is 0 Å². The lowest BCUT2D eigenvalue weighted by Gasteiger charge is -2.13. The summed E-state index contributed by atoms with van der Waals surface area (Å²) in [6.07, 6.45) is 1.84. The van der Waals surface area contributed by atoms with E-state index in [0.717, 1.165) is 0 Å². The molecule has 12 heavy (non-hydrogen) atoms. The van der Waals surface area contributed by atoms with Crippen LogP contribution in [0.15, 0.2) is 14.0 Å². The number of nitrogens with zero attached hydrogens (tertiary/aromatic N) is 3. The lowest BCUT2D eigenvalue weighted by Crippen LogP contribution is -1.74. The molecule has 72 valence electrons. The van der Waals surface area contributed by atoms with Crippen molar-refractivity contribution in [3.63, 3.8) is 0 Å². The van der Waals surface area contributed by atoms with Crippen LogP contribution in [0, 0.1) is 0 Å². The molecule has 0 radical (unpaired) electrons. The fraction of sp³-hybridized carbons (Fsp3) is 0.857. The first-order valence-corrected chi connectivity index (χ1v) is 9.05. The minimum absolute atomic E-state index is 1.39. The van der Waals surface area contributed by atoms with Gasteiger partial charge in [0, 0.05) is 13.3 Å². The van der Waals surface area contributed by atoms with Crippen molar-refractivity contribution in [2.45, 2.75) is 6.92 Å². The number of hydrogen-bond acceptors (Lipinski definition) is 1. The fourth-order valence-corrected chi connectivity index (χ4v) is 6.24. The molecule has 0 aliphatic rings. The maximum Gasteiger partial charge on any atom is 0.0739 e. The number of rotatable bonds is 2. The van der Waals surface area contributed by atoms with Crippen molar-refractivity contribution >= 4 is 20.6 Å². The monoisotopic (exact) mass is 207 g/mol. The molecule has 3 nitrogen and oxygen atoms in total. The second kappa shape index (κ2) is 4.39. The van der Waals surface area contributed by atoms with E-state index in [1.165, 1.54) is 0 Å². The molecule has 0 amide bonds. The van der Waals surface area contributed by atoms with Gasteiger partial charge in [-0.2, -0.15) is 0 Å². The van der Waals surface area contributed by atoms with Crippen LogP contribution in [0.4, 0.5) is 0 Å². The van der Waals surface area contributed by atoms with Crippen LogP contribution in [0.1, 0.15) is 6.92 Å². The van der Waals surface area contributed by atoms with E-state index in [1.54, 1.807) is 0 Å². The predicted octanol–water partition coefficient (Wildman–Crippen LogP) is 3.46. The van der Waals surface area contributed by atoms with Crippen molar-refractivity contribution in [1.29, 1.82) is 0 Å². The van der Waals surface area contributed by atoms with E-state index in [4.69, 9.17) is 4.52 Å². The van der Waals surface area contributed by atoms with E-state index in [2.05, 4.69) is 36.2 Å². The van der Waals surface area contributed by atoms with Gasteiger partial charge in [0.1, 0.15) is 0 Å². The summed E-state index contributed by atoms with van der Waals surface area (Å²) in [4.78, 5) is 0. The van der Waals surface area contributed by atoms with Crippen LogP contribution in [0.25, 0.3) is 0 Å². The third-order valence-electron chi connectivity index (χ3n) is 1.33. The van der Waals surface area contributed by atoms with Gasteiger partial charge in [-0.15, -0.1) is 0 Å². The molecule has 0 saturated heterocycles. The van der Waals surface area contributed by atoms with Gasteiger partial charge in [-0.05, 0) is 33.6 Å². The van der Waals surface area contributed by atoms with Gasteiger partial charge in [0.25, 0.3) is 0 Å². The van der Waals surface area contributed by atoms with E-state index >= 15 is 0 Å². The molecule has 0 N–H and O–H groups in total. The third-order valence-corrected chi connectivity index (χ3v) is 6.60. The van der Waals surface area contributed by atoms with Gasteiger partial charge >= 0.3 is 0 Å². The molecule has 0 aliphatic carbocycles. The minimum Gasteiger partial charge on any atom is -0.285 e. The summed E-state index contributed by atoms with van der Waals surface area (Å²) in [6.45, 7) is 10.4. The molecule has 0 atom stereocenters. The fourth-order valence-electron chi connectivity index (χ4n) is 0.881. The second-order valence-electron chi connectivity index (χ2n) is 3.34. The lowest BCUT2D eigenvalue weighted by atomic mass is 10.9. The van der Waals surface area contributed by atoms with Crippen LogP contribution in [-0.4, -0.2) is 39.9 Å². The molecule has 5 heteroatoms. The summed E-state index contributed by atoms with van der Waals surface area (Å²) in [5.74, 6) is 0. The molecule has 0 bridgehead atoms. The maximum atomic E-state index is 4.71. The predicted molar refractivity (Wildman–Crippen MR) is 62.5 cm³/mol. The second-order valence-corrected chi connectivity index (χ2v) is 10.0. The van der Waals surface area contributed by atoms with E-state index in [0.29, 0.717) is 0 Å². The van der Waals surface area contributed by atoms with Crippen molar-refractivity contribution in [1.82, 2.24) is 0 Å². The molecule has 0 heterocycles. The Labute approximate surface area is 75.9 Å². The van der Waals surface area contributed by atoms with Crippen molar-refractivity contribution in [3.8, 4) is 0 Å². The average molecular weight is 207 g/mol. The Morgan fingerprint density at radius 2 is 1.50 bits per heavy atom. The quantitative estimate of drug-likeness (QED) is 0.491. The highest BCUT2D eigenvalue weighted by Gasteiger charge is 2.06. The summed E-state index contributed by atoms with van der Waals surface area (Å²) in [7, 11) is -0.979. The van der Waals surface area contributed by atoms with Crippen LogP contribution in [-0.2, 0) is 0 Å². The van der Waals surface area contributed by atoms with Gasteiger partial charge < -0.3 is 0 Å². The van der Waals surface area contributed by atoms with E-state index in [9.17, 15) is 0 Å². The van der Waals surface area contributed by atoms with Gasteiger partial charge in [-0.3, -0.25) is 9.51 Å². The number of hydrogen-bond donors (Lipinski definition) is 0. The highest BCUT2D eigenvalue weighted by Crippen LogP contribution is 2.56. The van der Waals surface area contributed by atoms with Crippen molar-refractivity contribution < 1.29 is 0 Å². The zero-order valence-corrected chi connectivity index (χ0v) is 10.6.